The third-order valence-electron chi connectivity index (χ3n) is 5.74. The van der Waals surface area contributed by atoms with Crippen LogP contribution >= 0.6 is 15.9 Å². The van der Waals surface area contributed by atoms with Crippen molar-refractivity contribution in [1.29, 1.82) is 0 Å². The summed E-state index contributed by atoms with van der Waals surface area (Å²) in [6, 6.07) is 9.57. The van der Waals surface area contributed by atoms with Gasteiger partial charge in [-0.15, -0.1) is 0 Å². The van der Waals surface area contributed by atoms with Gasteiger partial charge in [0.1, 0.15) is 11.2 Å². The normalized spacial score (nSPS) is 18.6. The first kappa shape index (κ1) is 21.1. The zero-order valence-corrected chi connectivity index (χ0v) is 19.0. The fourth-order valence-electron chi connectivity index (χ4n) is 4.28. The summed E-state index contributed by atoms with van der Waals surface area (Å²) < 4.78 is 6.15. The van der Waals surface area contributed by atoms with Crippen LogP contribution in [0.25, 0.3) is 11.4 Å². The van der Waals surface area contributed by atoms with Crippen LogP contribution in [0.4, 0.5) is 0 Å². The van der Waals surface area contributed by atoms with E-state index in [1.54, 1.807) is 26.2 Å². The van der Waals surface area contributed by atoms with Gasteiger partial charge in [0.05, 0.1) is 0 Å². The fourth-order valence-corrected chi connectivity index (χ4v) is 4.54. The summed E-state index contributed by atoms with van der Waals surface area (Å²) in [5.74, 6) is 0.439. The maximum absolute atomic E-state index is 12.2. The molecule has 1 aliphatic heterocycles. The van der Waals surface area contributed by atoms with E-state index in [9.17, 15) is 10.2 Å². The lowest BCUT2D eigenvalue weighted by molar-refractivity contribution is -0.127. The van der Waals surface area contributed by atoms with E-state index in [1.165, 1.54) is 0 Å². The van der Waals surface area contributed by atoms with Crippen LogP contribution < -0.4 is 0 Å². The number of aromatic nitrogens is 3. The van der Waals surface area contributed by atoms with Crippen LogP contribution in [0.5, 0.6) is 0 Å². The Morgan fingerprint density at radius 3 is 2.33 bits per heavy atom. The first-order valence-corrected chi connectivity index (χ1v) is 10.5. The number of aliphatic hydroxyl groups is 2. The van der Waals surface area contributed by atoms with E-state index in [2.05, 4.69) is 42.9 Å². The smallest absolute Gasteiger partial charge is 0.258 e. The zero-order valence-electron chi connectivity index (χ0n) is 17.4. The molecule has 1 atom stereocenters. The van der Waals surface area contributed by atoms with Crippen molar-refractivity contribution in [2.75, 3.05) is 20.1 Å². The van der Waals surface area contributed by atoms with Crippen molar-refractivity contribution in [3.05, 3.63) is 64.2 Å². The zero-order chi connectivity index (χ0) is 21.7. The van der Waals surface area contributed by atoms with Gasteiger partial charge in [0.2, 0.25) is 5.82 Å². The first-order valence-electron chi connectivity index (χ1n) is 9.72. The summed E-state index contributed by atoms with van der Waals surface area (Å²) in [4.78, 5) is 10.8. The quantitative estimate of drug-likeness (QED) is 0.587. The molecule has 1 saturated heterocycles. The molecule has 0 bridgehead atoms. The average molecular weight is 473 g/mol. The van der Waals surface area contributed by atoms with E-state index in [0.29, 0.717) is 17.0 Å². The molecule has 4 rings (SSSR count). The van der Waals surface area contributed by atoms with Crippen LogP contribution in [0.3, 0.4) is 0 Å². The highest BCUT2D eigenvalue weighted by molar-refractivity contribution is 9.10. The van der Waals surface area contributed by atoms with Gasteiger partial charge in [-0.1, -0.05) is 40.1 Å². The molecule has 0 amide bonds. The van der Waals surface area contributed by atoms with Crippen molar-refractivity contribution in [1.82, 2.24) is 20.0 Å². The monoisotopic (exact) mass is 472 g/mol. The Bertz CT molecular complexity index is 1050. The molecular weight excluding hydrogens is 448 g/mol. The van der Waals surface area contributed by atoms with Crippen molar-refractivity contribution < 1.29 is 14.7 Å². The van der Waals surface area contributed by atoms with Crippen LogP contribution in [0.2, 0.25) is 0 Å². The molecule has 0 radical (unpaired) electrons. The highest BCUT2D eigenvalue weighted by Crippen LogP contribution is 2.50. The molecule has 0 spiro atoms. The van der Waals surface area contributed by atoms with Gasteiger partial charge in [0, 0.05) is 46.5 Å². The molecule has 3 aromatic rings. The molecule has 0 saturated carbocycles. The number of hydrogen-bond acceptors (Lipinski definition) is 7. The average Bonchev–Trinajstić information content (AvgIpc) is 3.18. The first-order chi connectivity index (χ1) is 14.0. The lowest BCUT2D eigenvalue weighted by Gasteiger charge is -2.55. The molecule has 8 heteroatoms. The largest absolute Gasteiger partial charge is 0.381 e. The number of nitrogens with zero attached hydrogens (tertiary/aromatic N) is 4. The predicted octanol–water partition coefficient (Wildman–Crippen LogP) is 3.31. The molecular formula is C22H25BrN4O3. The third-order valence-corrected chi connectivity index (χ3v) is 6.27. The highest BCUT2D eigenvalue weighted by Gasteiger charge is 2.55. The van der Waals surface area contributed by atoms with E-state index < -0.39 is 16.6 Å². The third kappa shape index (κ3) is 3.47. The summed E-state index contributed by atoms with van der Waals surface area (Å²) in [6.45, 7) is 6.74. The lowest BCUT2D eigenvalue weighted by Crippen LogP contribution is -2.63. The summed E-state index contributed by atoms with van der Waals surface area (Å²) in [5.41, 5.74) is -0.827. The Labute approximate surface area is 183 Å². The van der Waals surface area contributed by atoms with Gasteiger partial charge in [-0.3, -0.25) is 4.98 Å². The minimum absolute atomic E-state index is 0.124. The molecule has 3 heterocycles. The standard InChI is InChI=1S/C22H25BrN4O3/c1-20(2,28)19-25-18(26-30-19)14-9-16(11-24-10-14)22(29,21(3)12-27(4)13-21)15-5-7-17(23)8-6-15/h5-11,28-29H,12-13H2,1-4H3. The van der Waals surface area contributed by atoms with E-state index in [-0.39, 0.29) is 5.89 Å². The molecule has 7 nitrogen and oxygen atoms in total. The molecule has 0 aliphatic carbocycles. The van der Waals surface area contributed by atoms with Crippen molar-refractivity contribution in [3.63, 3.8) is 0 Å². The maximum Gasteiger partial charge on any atom is 0.258 e. The predicted molar refractivity (Wildman–Crippen MR) is 116 cm³/mol. The van der Waals surface area contributed by atoms with Crippen LogP contribution in [-0.4, -0.2) is 50.4 Å². The van der Waals surface area contributed by atoms with Crippen molar-refractivity contribution >= 4 is 15.9 Å². The second-order valence-corrected chi connectivity index (χ2v) is 9.81. The molecule has 1 aromatic carbocycles. The number of rotatable bonds is 5. The lowest BCUT2D eigenvalue weighted by atomic mass is 9.62. The van der Waals surface area contributed by atoms with Crippen LogP contribution in [0.1, 0.15) is 37.8 Å². The Morgan fingerprint density at radius 1 is 1.10 bits per heavy atom. The Hall–Kier alpha value is -2.13. The number of benzene rings is 1. The molecule has 1 fully saturated rings. The summed E-state index contributed by atoms with van der Waals surface area (Å²) in [5, 5.41) is 26.3. The van der Waals surface area contributed by atoms with Crippen molar-refractivity contribution in [2.24, 2.45) is 5.41 Å². The molecule has 1 unspecified atom stereocenters. The molecule has 158 valence electrons. The SMILES string of the molecule is CN1CC(C)(C(O)(c2ccc(Br)cc2)c2cncc(-c3noc(C(C)(C)O)n3)c2)C1. The van der Waals surface area contributed by atoms with Crippen LogP contribution in [0.15, 0.2) is 51.7 Å². The summed E-state index contributed by atoms with van der Waals surface area (Å²) >= 11 is 3.47. The minimum Gasteiger partial charge on any atom is -0.381 e. The second-order valence-electron chi connectivity index (χ2n) is 8.89. The molecule has 30 heavy (non-hydrogen) atoms. The molecule has 2 aromatic heterocycles. The van der Waals surface area contributed by atoms with E-state index in [0.717, 1.165) is 23.1 Å². The highest BCUT2D eigenvalue weighted by atomic mass is 79.9. The maximum atomic E-state index is 12.2. The molecule has 2 N–H and O–H groups in total. The van der Waals surface area contributed by atoms with E-state index in [1.807, 2.05) is 37.4 Å². The second kappa shape index (κ2) is 7.23. The van der Waals surface area contributed by atoms with Gasteiger partial charge in [0.25, 0.3) is 5.89 Å². The van der Waals surface area contributed by atoms with Gasteiger partial charge in [-0.25, -0.2) is 0 Å². The topological polar surface area (TPSA) is 95.5 Å². The Balaban J connectivity index is 1.82. The summed E-state index contributed by atoms with van der Waals surface area (Å²) in [6.07, 6.45) is 3.31. The summed E-state index contributed by atoms with van der Waals surface area (Å²) in [7, 11) is 2.04. The van der Waals surface area contributed by atoms with E-state index in [4.69, 9.17) is 4.52 Å². The Kier molecular flexibility index (Phi) is 5.09. The van der Waals surface area contributed by atoms with Crippen molar-refractivity contribution in [3.8, 4) is 11.4 Å². The van der Waals surface area contributed by atoms with Gasteiger partial charge in [0.15, 0.2) is 0 Å². The van der Waals surface area contributed by atoms with Crippen LogP contribution in [-0.2, 0) is 11.2 Å². The van der Waals surface area contributed by atoms with Crippen molar-refractivity contribution in [2.45, 2.75) is 32.0 Å². The number of hydrogen-bond donors (Lipinski definition) is 2. The van der Waals surface area contributed by atoms with E-state index >= 15 is 0 Å². The number of likely N-dealkylation sites (tertiary alicyclic amines) is 1. The molecule has 1 aliphatic rings. The minimum atomic E-state index is -1.26. The fraction of sp³-hybridized carbons (Fsp3) is 0.409. The number of halogens is 1. The van der Waals surface area contributed by atoms with Gasteiger partial charge < -0.3 is 19.6 Å². The number of pyridine rings is 1. The van der Waals surface area contributed by atoms with Gasteiger partial charge in [-0.2, -0.15) is 4.98 Å². The Morgan fingerprint density at radius 2 is 1.77 bits per heavy atom. The van der Waals surface area contributed by atoms with Crippen LogP contribution in [0, 0.1) is 5.41 Å². The van der Waals surface area contributed by atoms with Gasteiger partial charge in [-0.05, 0) is 44.7 Å². The van der Waals surface area contributed by atoms with Gasteiger partial charge >= 0.3 is 0 Å².